The molecule has 1 saturated heterocycles. The average molecular weight is 304 g/mol. The topological polar surface area (TPSA) is 76.6 Å². The van der Waals surface area contributed by atoms with Crippen molar-refractivity contribution in [3.05, 3.63) is 35.9 Å². The van der Waals surface area contributed by atoms with Crippen LogP contribution in [0, 0.1) is 5.92 Å². The summed E-state index contributed by atoms with van der Waals surface area (Å²) in [4.78, 5) is 24.4. The predicted molar refractivity (Wildman–Crippen MR) is 85.3 cm³/mol. The van der Waals surface area contributed by atoms with Crippen molar-refractivity contribution in [2.75, 3.05) is 26.2 Å². The van der Waals surface area contributed by atoms with E-state index in [1.807, 2.05) is 18.2 Å². The van der Waals surface area contributed by atoms with Crippen LogP contribution in [0.4, 0.5) is 0 Å². The van der Waals surface area contributed by atoms with Crippen LogP contribution in [0.25, 0.3) is 0 Å². The second-order valence-electron chi connectivity index (χ2n) is 6.06. The molecule has 5 heteroatoms. The van der Waals surface area contributed by atoms with Gasteiger partial charge >= 0.3 is 0 Å². The van der Waals surface area contributed by atoms with E-state index in [2.05, 4.69) is 17.4 Å². The molecule has 4 N–H and O–H groups in total. The molecule has 0 bridgehead atoms. The Balaban J connectivity index is 1.62. The number of hydrogen-bond acceptors (Lipinski definition) is 2. The average Bonchev–Trinajstić information content (AvgIpc) is 2.53. The van der Waals surface area contributed by atoms with Gasteiger partial charge < -0.3 is 16.0 Å². The third-order valence-corrected chi connectivity index (χ3v) is 4.24. The monoisotopic (exact) mass is 304 g/mol. The molecule has 1 aromatic rings. The van der Waals surface area contributed by atoms with Gasteiger partial charge in [-0.3, -0.25) is 9.59 Å². The molecule has 0 aromatic heterocycles. The van der Waals surface area contributed by atoms with E-state index >= 15 is 0 Å². The zero-order chi connectivity index (χ0) is 15.8. The number of carbonyl (C=O) groups excluding carboxylic acids is 2. The molecule has 2 atom stereocenters. The van der Waals surface area contributed by atoms with Crippen molar-refractivity contribution >= 4 is 11.8 Å². The van der Waals surface area contributed by atoms with Gasteiger partial charge in [0, 0.05) is 6.54 Å². The van der Waals surface area contributed by atoms with Crippen LogP contribution < -0.4 is 16.0 Å². The molecule has 2 rings (SSSR count). The van der Waals surface area contributed by atoms with E-state index < -0.39 is 0 Å². The van der Waals surface area contributed by atoms with Gasteiger partial charge in [-0.05, 0) is 31.2 Å². The number of hydrogen-bond donors (Lipinski definition) is 3. The van der Waals surface area contributed by atoms with Crippen molar-refractivity contribution < 1.29 is 14.5 Å². The minimum absolute atomic E-state index is 0.0631. The van der Waals surface area contributed by atoms with Crippen molar-refractivity contribution in [2.45, 2.75) is 25.7 Å². The molecule has 0 radical (unpaired) electrons. The maximum Gasteiger partial charge on any atom is 0.275 e. The van der Waals surface area contributed by atoms with Crippen LogP contribution in [0.3, 0.4) is 0 Å². The first-order valence-electron chi connectivity index (χ1n) is 8.08. The Labute approximate surface area is 131 Å². The number of piperidine rings is 1. The summed E-state index contributed by atoms with van der Waals surface area (Å²) in [6.45, 7) is 2.77. The number of nitrogens with two attached hydrogens (primary N) is 1. The van der Waals surface area contributed by atoms with Crippen molar-refractivity contribution in [2.24, 2.45) is 11.7 Å². The van der Waals surface area contributed by atoms with Crippen LogP contribution in [-0.2, 0) is 16.0 Å². The molecule has 0 spiro atoms. The Bertz CT molecular complexity index is 490. The number of likely N-dealkylation sites (tertiary alicyclic amines) is 1. The number of aryl methyl sites for hydroxylation is 1. The molecule has 0 saturated carbocycles. The zero-order valence-electron chi connectivity index (χ0n) is 13.0. The molecule has 120 valence electrons. The Morgan fingerprint density at radius 2 is 2.05 bits per heavy atom. The number of quaternary nitrogens is 1. The molecule has 1 unspecified atom stereocenters. The van der Waals surface area contributed by atoms with Crippen LogP contribution in [0.15, 0.2) is 30.3 Å². The fourth-order valence-electron chi connectivity index (χ4n) is 3.01. The fourth-order valence-corrected chi connectivity index (χ4v) is 3.01. The molecule has 1 aromatic carbocycles. The van der Waals surface area contributed by atoms with Gasteiger partial charge in [-0.2, -0.15) is 0 Å². The van der Waals surface area contributed by atoms with Crippen LogP contribution in [0.5, 0.6) is 0 Å². The first-order chi connectivity index (χ1) is 10.6. The highest BCUT2D eigenvalue weighted by molar-refractivity contribution is 5.77. The molecule has 1 fully saturated rings. The summed E-state index contributed by atoms with van der Waals surface area (Å²) < 4.78 is 0. The number of amides is 2. The van der Waals surface area contributed by atoms with Crippen molar-refractivity contribution in [1.29, 1.82) is 0 Å². The number of rotatable bonds is 7. The van der Waals surface area contributed by atoms with Gasteiger partial charge in [-0.15, -0.1) is 0 Å². The summed E-state index contributed by atoms with van der Waals surface area (Å²) in [7, 11) is 0. The molecule has 2 amide bonds. The lowest BCUT2D eigenvalue weighted by Gasteiger charge is -2.27. The van der Waals surface area contributed by atoms with Gasteiger partial charge in [0.25, 0.3) is 5.91 Å². The molecule has 0 aliphatic carbocycles. The Hall–Kier alpha value is -1.88. The molecule has 1 heterocycles. The van der Waals surface area contributed by atoms with Gasteiger partial charge in [-0.1, -0.05) is 30.3 Å². The highest BCUT2D eigenvalue weighted by Crippen LogP contribution is 2.05. The van der Waals surface area contributed by atoms with Crippen LogP contribution in [0.1, 0.15) is 24.8 Å². The van der Waals surface area contributed by atoms with Crippen LogP contribution in [-0.4, -0.2) is 38.0 Å². The van der Waals surface area contributed by atoms with Gasteiger partial charge in [-0.25, -0.2) is 0 Å². The number of nitrogens with one attached hydrogen (secondary N) is 2. The molecule has 1 aliphatic rings. The summed E-state index contributed by atoms with van der Waals surface area (Å²) in [5.74, 6) is -0.247. The highest BCUT2D eigenvalue weighted by Gasteiger charge is 2.28. The van der Waals surface area contributed by atoms with E-state index in [1.165, 1.54) is 5.56 Å². The van der Waals surface area contributed by atoms with E-state index in [9.17, 15) is 9.59 Å². The summed E-state index contributed by atoms with van der Waals surface area (Å²) in [5, 5.41) is 2.97. The summed E-state index contributed by atoms with van der Waals surface area (Å²) >= 11 is 0. The SMILES string of the molecule is NC(=O)[C@H]1CCC[NH+](CC(=O)NCCCc2ccccc2)C1. The first kappa shape index (κ1) is 16.5. The third kappa shape index (κ3) is 5.48. The minimum atomic E-state index is -0.236. The number of carbonyl (C=O) groups is 2. The van der Waals surface area contributed by atoms with Gasteiger partial charge in [0.1, 0.15) is 0 Å². The van der Waals surface area contributed by atoms with E-state index in [0.717, 1.165) is 37.1 Å². The number of primary amides is 1. The lowest BCUT2D eigenvalue weighted by Crippen LogP contribution is -3.15. The molecule has 22 heavy (non-hydrogen) atoms. The van der Waals surface area contributed by atoms with E-state index in [-0.39, 0.29) is 17.7 Å². The smallest absolute Gasteiger partial charge is 0.275 e. The standard InChI is InChI=1S/C17H25N3O2/c18-17(22)15-9-5-11-20(12-15)13-16(21)19-10-4-8-14-6-2-1-3-7-14/h1-3,6-7,15H,4-5,8-13H2,(H2,18,22)(H,19,21)/p+1/t15-/m0/s1. The maximum absolute atomic E-state index is 12.0. The van der Waals surface area contributed by atoms with E-state index in [4.69, 9.17) is 5.73 Å². The second kappa shape index (κ2) is 8.54. The highest BCUT2D eigenvalue weighted by atomic mass is 16.2. The van der Waals surface area contributed by atoms with Crippen molar-refractivity contribution in [3.63, 3.8) is 0 Å². The van der Waals surface area contributed by atoms with E-state index in [1.54, 1.807) is 0 Å². The van der Waals surface area contributed by atoms with Crippen LogP contribution in [0.2, 0.25) is 0 Å². The van der Waals surface area contributed by atoms with Crippen molar-refractivity contribution in [1.82, 2.24) is 5.32 Å². The summed E-state index contributed by atoms with van der Waals surface area (Å²) in [5.41, 5.74) is 6.66. The molecular formula is C17H26N3O2+. The molecule has 5 nitrogen and oxygen atoms in total. The molecular weight excluding hydrogens is 278 g/mol. The second-order valence-corrected chi connectivity index (χ2v) is 6.06. The van der Waals surface area contributed by atoms with Gasteiger partial charge in [0.05, 0.1) is 19.0 Å². The fraction of sp³-hybridized carbons (Fsp3) is 0.529. The maximum atomic E-state index is 12.0. The summed E-state index contributed by atoms with van der Waals surface area (Å²) in [6.07, 6.45) is 3.73. The van der Waals surface area contributed by atoms with E-state index in [0.29, 0.717) is 19.6 Å². The Kier molecular flexibility index (Phi) is 6.40. The van der Waals surface area contributed by atoms with Gasteiger partial charge in [0.2, 0.25) is 5.91 Å². The third-order valence-electron chi connectivity index (χ3n) is 4.24. The van der Waals surface area contributed by atoms with Crippen molar-refractivity contribution in [3.8, 4) is 0 Å². The Morgan fingerprint density at radius 3 is 2.77 bits per heavy atom. The predicted octanol–water partition coefficient (Wildman–Crippen LogP) is -0.484. The quantitative estimate of drug-likeness (QED) is 0.595. The zero-order valence-corrected chi connectivity index (χ0v) is 13.0. The summed E-state index contributed by atoms with van der Waals surface area (Å²) in [6, 6.07) is 10.3. The lowest BCUT2D eigenvalue weighted by molar-refractivity contribution is -0.899. The minimum Gasteiger partial charge on any atom is -0.369 e. The lowest BCUT2D eigenvalue weighted by atomic mass is 9.97. The first-order valence-corrected chi connectivity index (χ1v) is 8.08. The normalized spacial score (nSPS) is 21.3. The number of benzene rings is 1. The molecule has 1 aliphatic heterocycles. The van der Waals surface area contributed by atoms with Gasteiger partial charge in [0.15, 0.2) is 6.54 Å². The van der Waals surface area contributed by atoms with Crippen LogP contribution >= 0.6 is 0 Å². The Morgan fingerprint density at radius 1 is 1.27 bits per heavy atom. The largest absolute Gasteiger partial charge is 0.369 e.